The number of aromatic nitrogens is 5. The van der Waals surface area contributed by atoms with E-state index in [2.05, 4.69) is 149 Å². The maximum absolute atomic E-state index is 5.23. The SMILES string of the molecule is c1ccc(-c2nc(-c3ccccc3)nc(-c3cccc(-n4c5ccccc5c5ccccc54)c3-n3c4ccccc4c4ccccc43)n2)cc1. The lowest BCUT2D eigenvalue weighted by atomic mass is 10.1. The van der Waals surface area contributed by atoms with Crippen molar-refractivity contribution in [3.05, 3.63) is 176 Å². The first-order chi connectivity index (χ1) is 24.8. The molecule has 5 heteroatoms. The van der Waals surface area contributed by atoms with E-state index in [1.165, 1.54) is 21.5 Å². The minimum atomic E-state index is 0.609. The average Bonchev–Trinajstić information content (AvgIpc) is 3.71. The largest absolute Gasteiger partial charge is 0.307 e. The van der Waals surface area contributed by atoms with Gasteiger partial charge in [0.1, 0.15) is 0 Å². The highest BCUT2D eigenvalue weighted by molar-refractivity contribution is 6.12. The van der Waals surface area contributed by atoms with Gasteiger partial charge in [0.25, 0.3) is 0 Å². The normalized spacial score (nSPS) is 11.6. The summed E-state index contributed by atoms with van der Waals surface area (Å²) in [6.07, 6.45) is 0. The van der Waals surface area contributed by atoms with Crippen LogP contribution in [0.5, 0.6) is 0 Å². The van der Waals surface area contributed by atoms with Crippen molar-refractivity contribution in [3.8, 4) is 45.5 Å². The van der Waals surface area contributed by atoms with Crippen LogP contribution >= 0.6 is 0 Å². The molecule has 10 rings (SSSR count). The van der Waals surface area contributed by atoms with Gasteiger partial charge in [0.15, 0.2) is 17.5 Å². The first kappa shape index (κ1) is 28.2. The van der Waals surface area contributed by atoms with Gasteiger partial charge in [0.2, 0.25) is 0 Å². The quantitative estimate of drug-likeness (QED) is 0.188. The second-order valence-electron chi connectivity index (χ2n) is 12.5. The fourth-order valence-corrected chi connectivity index (χ4v) is 7.40. The Bertz CT molecular complexity index is 2700. The second-order valence-corrected chi connectivity index (χ2v) is 12.5. The van der Waals surface area contributed by atoms with E-state index < -0.39 is 0 Å². The molecule has 10 aromatic rings. The first-order valence-corrected chi connectivity index (χ1v) is 16.8. The Hall–Kier alpha value is -6.85. The van der Waals surface area contributed by atoms with Crippen LogP contribution < -0.4 is 0 Å². The molecule has 0 N–H and O–H groups in total. The fraction of sp³-hybridized carbons (Fsp3) is 0. The van der Waals surface area contributed by atoms with Crippen molar-refractivity contribution < 1.29 is 0 Å². The Morgan fingerprint density at radius 1 is 0.300 bits per heavy atom. The van der Waals surface area contributed by atoms with Crippen LogP contribution in [0, 0.1) is 0 Å². The van der Waals surface area contributed by atoms with Crippen LogP contribution in [0.15, 0.2) is 176 Å². The highest BCUT2D eigenvalue weighted by Crippen LogP contribution is 2.41. The predicted octanol–water partition coefficient (Wildman–Crippen LogP) is 11.1. The molecule has 0 aliphatic heterocycles. The molecule has 0 amide bonds. The molecule has 7 aromatic carbocycles. The Morgan fingerprint density at radius 3 is 1.14 bits per heavy atom. The molecule has 3 aromatic heterocycles. The van der Waals surface area contributed by atoms with E-state index >= 15 is 0 Å². The molecule has 0 bridgehead atoms. The zero-order chi connectivity index (χ0) is 33.0. The van der Waals surface area contributed by atoms with Crippen LogP contribution in [-0.4, -0.2) is 24.1 Å². The van der Waals surface area contributed by atoms with Crippen LogP contribution in [0.25, 0.3) is 89.2 Å². The first-order valence-electron chi connectivity index (χ1n) is 16.8. The van der Waals surface area contributed by atoms with E-state index in [1.54, 1.807) is 0 Å². The maximum atomic E-state index is 5.23. The number of para-hydroxylation sites is 5. The molecule has 0 aliphatic carbocycles. The summed E-state index contributed by atoms with van der Waals surface area (Å²) in [6.45, 7) is 0. The van der Waals surface area contributed by atoms with Gasteiger partial charge in [0, 0.05) is 38.2 Å². The molecule has 0 fully saturated rings. The summed E-state index contributed by atoms with van der Waals surface area (Å²) < 4.78 is 4.79. The van der Waals surface area contributed by atoms with E-state index in [-0.39, 0.29) is 0 Å². The molecule has 3 heterocycles. The van der Waals surface area contributed by atoms with Crippen LogP contribution in [0.1, 0.15) is 0 Å². The Morgan fingerprint density at radius 2 is 0.680 bits per heavy atom. The van der Waals surface area contributed by atoms with Crippen LogP contribution in [-0.2, 0) is 0 Å². The maximum Gasteiger partial charge on any atom is 0.166 e. The Kier molecular flexibility index (Phi) is 6.42. The Labute approximate surface area is 288 Å². The number of hydrogen-bond donors (Lipinski definition) is 0. The molecule has 0 aliphatic rings. The highest BCUT2D eigenvalue weighted by atomic mass is 15.1. The third-order valence-corrected chi connectivity index (χ3v) is 9.58. The van der Waals surface area contributed by atoms with E-state index in [4.69, 9.17) is 15.0 Å². The molecule has 0 atom stereocenters. The minimum absolute atomic E-state index is 0.609. The van der Waals surface area contributed by atoms with Crippen molar-refractivity contribution in [1.29, 1.82) is 0 Å². The van der Waals surface area contributed by atoms with E-state index in [0.717, 1.165) is 50.1 Å². The van der Waals surface area contributed by atoms with Crippen molar-refractivity contribution in [3.63, 3.8) is 0 Å². The fourth-order valence-electron chi connectivity index (χ4n) is 7.40. The summed E-state index contributed by atoms with van der Waals surface area (Å²) in [5.74, 6) is 1.87. The molecular weight excluding hydrogens is 611 g/mol. The molecule has 0 unspecified atom stereocenters. The molecule has 5 nitrogen and oxygen atoms in total. The third-order valence-electron chi connectivity index (χ3n) is 9.58. The van der Waals surface area contributed by atoms with Crippen LogP contribution in [0.2, 0.25) is 0 Å². The summed E-state index contributed by atoms with van der Waals surface area (Å²) in [4.78, 5) is 15.5. The third kappa shape index (κ3) is 4.37. The zero-order valence-corrected chi connectivity index (χ0v) is 27.0. The van der Waals surface area contributed by atoms with E-state index in [1.807, 2.05) is 36.4 Å². The van der Waals surface area contributed by atoms with Crippen molar-refractivity contribution in [2.24, 2.45) is 0 Å². The van der Waals surface area contributed by atoms with Gasteiger partial charge in [0.05, 0.1) is 33.4 Å². The van der Waals surface area contributed by atoms with Crippen molar-refractivity contribution in [2.75, 3.05) is 0 Å². The lowest BCUT2D eigenvalue weighted by Crippen LogP contribution is -2.08. The molecule has 0 saturated carbocycles. The van der Waals surface area contributed by atoms with Gasteiger partial charge >= 0.3 is 0 Å². The molecule has 0 radical (unpaired) electrons. The summed E-state index contributed by atoms with van der Waals surface area (Å²) >= 11 is 0. The van der Waals surface area contributed by atoms with Crippen LogP contribution in [0.3, 0.4) is 0 Å². The lowest BCUT2D eigenvalue weighted by Gasteiger charge is -2.20. The number of benzene rings is 7. The molecule has 234 valence electrons. The standard InChI is InChI=1S/C45H29N5/c1-3-16-30(17-4-1)43-46-44(31-18-5-2-6-19-31)48-45(47-43)36-24-15-29-41(49-37-25-11-7-20-32(37)33-21-8-12-26-38(33)49)42(36)50-39-27-13-9-22-34(39)35-23-10-14-28-40(35)50/h1-29H. The number of rotatable bonds is 5. The summed E-state index contributed by atoms with van der Waals surface area (Å²) in [7, 11) is 0. The summed E-state index contributed by atoms with van der Waals surface area (Å²) in [5, 5.41) is 4.80. The predicted molar refractivity (Wildman–Crippen MR) is 205 cm³/mol. The van der Waals surface area contributed by atoms with Gasteiger partial charge in [-0.2, -0.15) is 0 Å². The van der Waals surface area contributed by atoms with E-state index in [0.29, 0.717) is 17.5 Å². The van der Waals surface area contributed by atoms with Gasteiger partial charge in [-0.1, -0.05) is 140 Å². The number of nitrogens with zero attached hydrogens (tertiary/aromatic N) is 5. The van der Waals surface area contributed by atoms with Crippen molar-refractivity contribution in [1.82, 2.24) is 24.1 Å². The Balaban J connectivity index is 1.37. The van der Waals surface area contributed by atoms with Crippen molar-refractivity contribution in [2.45, 2.75) is 0 Å². The monoisotopic (exact) mass is 639 g/mol. The average molecular weight is 640 g/mol. The molecule has 0 saturated heterocycles. The highest BCUT2D eigenvalue weighted by Gasteiger charge is 2.24. The van der Waals surface area contributed by atoms with E-state index in [9.17, 15) is 0 Å². The smallest absolute Gasteiger partial charge is 0.166 e. The van der Waals surface area contributed by atoms with Gasteiger partial charge in [-0.15, -0.1) is 0 Å². The number of hydrogen-bond acceptors (Lipinski definition) is 3. The molecule has 0 spiro atoms. The van der Waals surface area contributed by atoms with Gasteiger partial charge in [-0.3, -0.25) is 0 Å². The second kappa shape index (κ2) is 11.4. The van der Waals surface area contributed by atoms with Gasteiger partial charge < -0.3 is 9.13 Å². The van der Waals surface area contributed by atoms with Gasteiger partial charge in [-0.25, -0.2) is 15.0 Å². The summed E-state index contributed by atoms with van der Waals surface area (Å²) in [6, 6.07) is 61.4. The van der Waals surface area contributed by atoms with Crippen molar-refractivity contribution >= 4 is 43.6 Å². The number of fused-ring (bicyclic) bond motifs is 6. The zero-order valence-electron chi connectivity index (χ0n) is 27.0. The molecular formula is C45H29N5. The lowest BCUT2D eigenvalue weighted by molar-refractivity contribution is 1.05. The van der Waals surface area contributed by atoms with Crippen LogP contribution in [0.4, 0.5) is 0 Å². The topological polar surface area (TPSA) is 48.5 Å². The van der Waals surface area contributed by atoms with Gasteiger partial charge in [-0.05, 0) is 36.4 Å². The minimum Gasteiger partial charge on any atom is -0.307 e. The molecule has 50 heavy (non-hydrogen) atoms. The summed E-state index contributed by atoms with van der Waals surface area (Å²) in [5.41, 5.74) is 9.32.